The number of carbonyl (C=O) groups is 1. The average molecular weight is 537 g/mol. The van der Waals surface area contributed by atoms with Crippen LogP contribution in [0.5, 0.6) is 0 Å². The lowest BCUT2D eigenvalue weighted by Crippen LogP contribution is -2.41. The van der Waals surface area contributed by atoms with Crippen molar-refractivity contribution in [1.82, 2.24) is 25.1 Å². The molecule has 1 atom stereocenters. The van der Waals surface area contributed by atoms with E-state index in [1.54, 1.807) is 11.8 Å². The minimum atomic E-state index is 0.462. The summed E-state index contributed by atoms with van der Waals surface area (Å²) in [5, 5.41) is 18.4. The summed E-state index contributed by atoms with van der Waals surface area (Å²) in [6.07, 6.45) is 7.94. The first-order valence-electron chi connectivity index (χ1n) is 13.7. The van der Waals surface area contributed by atoms with Crippen molar-refractivity contribution >= 4 is 41.2 Å². The molecule has 1 unspecified atom stereocenters. The fourth-order valence-electron chi connectivity index (χ4n) is 4.30. The molecule has 2 aliphatic rings. The highest BCUT2D eigenvalue weighted by molar-refractivity contribution is 7.99. The molecule has 1 aromatic carbocycles. The molecule has 0 spiro atoms. The number of anilines is 4. The molecule has 1 aliphatic heterocycles. The van der Waals surface area contributed by atoms with E-state index in [4.69, 9.17) is 9.97 Å². The third-order valence-electron chi connectivity index (χ3n) is 6.69. The van der Waals surface area contributed by atoms with Gasteiger partial charge >= 0.3 is 0 Å². The van der Waals surface area contributed by atoms with Gasteiger partial charge < -0.3 is 20.7 Å². The highest BCUT2D eigenvalue weighted by Crippen LogP contribution is 2.39. The van der Waals surface area contributed by atoms with E-state index < -0.39 is 0 Å². The van der Waals surface area contributed by atoms with E-state index in [1.807, 2.05) is 20.0 Å². The minimum absolute atomic E-state index is 0.462. The van der Waals surface area contributed by atoms with Crippen molar-refractivity contribution in [3.63, 3.8) is 0 Å². The van der Waals surface area contributed by atoms with Gasteiger partial charge in [-0.25, -0.2) is 9.97 Å². The zero-order valence-electron chi connectivity index (χ0n) is 22.7. The molecule has 3 aromatic rings. The summed E-state index contributed by atoms with van der Waals surface area (Å²) in [7, 11) is 1.92. The van der Waals surface area contributed by atoms with Gasteiger partial charge in [-0.15, -0.1) is 0 Å². The van der Waals surface area contributed by atoms with Crippen molar-refractivity contribution in [2.75, 3.05) is 42.6 Å². The Kier molecular flexibility index (Phi) is 10.4. The number of aromatic amines is 1. The van der Waals surface area contributed by atoms with Gasteiger partial charge in [-0.2, -0.15) is 5.10 Å². The maximum Gasteiger partial charge on any atom is 0.196 e. The van der Waals surface area contributed by atoms with Crippen LogP contribution in [-0.2, 0) is 4.79 Å². The maximum atomic E-state index is 9.17. The zero-order chi connectivity index (χ0) is 26.7. The van der Waals surface area contributed by atoms with Crippen LogP contribution in [-0.4, -0.2) is 64.1 Å². The van der Waals surface area contributed by atoms with Gasteiger partial charge in [0.25, 0.3) is 0 Å². The van der Waals surface area contributed by atoms with E-state index in [9.17, 15) is 4.79 Å². The quantitative estimate of drug-likeness (QED) is 0.176. The van der Waals surface area contributed by atoms with Crippen molar-refractivity contribution in [1.29, 1.82) is 0 Å². The van der Waals surface area contributed by atoms with Crippen molar-refractivity contribution in [2.45, 2.75) is 74.4 Å². The molecule has 10 heteroatoms. The minimum Gasteiger partial charge on any atom is -0.388 e. The molecule has 5 rings (SSSR count). The second kappa shape index (κ2) is 14.2. The van der Waals surface area contributed by atoms with E-state index >= 15 is 0 Å². The number of piperidine rings is 1. The fraction of sp³-hybridized carbons (Fsp3) is 0.500. The third-order valence-corrected chi connectivity index (χ3v) is 7.56. The molecule has 1 saturated heterocycles. The van der Waals surface area contributed by atoms with Crippen LogP contribution >= 0.6 is 11.8 Å². The Morgan fingerprint density at radius 3 is 2.45 bits per heavy atom. The summed E-state index contributed by atoms with van der Waals surface area (Å²) < 4.78 is 0. The summed E-state index contributed by atoms with van der Waals surface area (Å²) in [6.45, 7) is 7.33. The van der Waals surface area contributed by atoms with Gasteiger partial charge in [-0.1, -0.05) is 13.3 Å². The summed E-state index contributed by atoms with van der Waals surface area (Å²) >= 11 is 1.56. The summed E-state index contributed by atoms with van der Waals surface area (Å²) in [5.41, 5.74) is 2.28. The van der Waals surface area contributed by atoms with E-state index in [2.05, 4.69) is 68.3 Å². The number of rotatable bonds is 11. The molecule has 0 bridgehead atoms. The molecule has 204 valence electrons. The Morgan fingerprint density at radius 1 is 1.08 bits per heavy atom. The number of likely N-dealkylation sites (tertiary alicyclic amines) is 1. The van der Waals surface area contributed by atoms with Gasteiger partial charge in [0.15, 0.2) is 11.0 Å². The highest BCUT2D eigenvalue weighted by atomic mass is 32.2. The van der Waals surface area contributed by atoms with Gasteiger partial charge in [0.1, 0.15) is 17.9 Å². The topological polar surface area (TPSA) is 111 Å². The molecule has 9 nitrogen and oxygen atoms in total. The predicted molar refractivity (Wildman–Crippen MR) is 156 cm³/mol. The van der Waals surface area contributed by atoms with Crippen molar-refractivity contribution in [3.05, 3.63) is 42.1 Å². The lowest BCUT2D eigenvalue weighted by molar-refractivity contribution is -0.107. The SMILES string of the molecule is CCC=O.CNc1ccc(Sc2nc(NCC(C)N3CCCCC3)cc(Nc3cc(C4CC4)[nH]n3)n2)cc1. The van der Waals surface area contributed by atoms with Crippen LogP contribution in [0.15, 0.2) is 46.5 Å². The molecule has 1 saturated carbocycles. The fourth-order valence-corrected chi connectivity index (χ4v) is 5.07. The number of benzene rings is 1. The molecule has 2 aromatic heterocycles. The normalized spacial score (nSPS) is 16.2. The highest BCUT2D eigenvalue weighted by Gasteiger charge is 2.25. The van der Waals surface area contributed by atoms with Crippen molar-refractivity contribution in [3.8, 4) is 0 Å². The molecule has 0 radical (unpaired) electrons. The molecular weight excluding hydrogens is 496 g/mol. The largest absolute Gasteiger partial charge is 0.388 e. The smallest absolute Gasteiger partial charge is 0.196 e. The number of hydrogen-bond donors (Lipinski definition) is 4. The first kappa shape index (κ1) is 27.9. The number of nitrogens with zero attached hydrogens (tertiary/aromatic N) is 4. The average Bonchev–Trinajstić information content (AvgIpc) is 3.71. The Hall–Kier alpha value is -3.11. The molecule has 0 amide bonds. The van der Waals surface area contributed by atoms with Gasteiger partial charge in [-0.3, -0.25) is 10.00 Å². The standard InChI is InChI=1S/C25H34N8S.C3H6O/c1-17(33-12-4-3-5-13-33)16-27-22-15-23(28-24-14-21(31-32-24)18-6-7-18)30-25(29-22)34-20-10-8-19(26-2)9-11-20;1-2-3-4/h8-11,14-15,17-18,26H,3-7,12-13,16H2,1-2H3,(H3,27,28,29,30,31,32);3H,2H2,1H3. The van der Waals surface area contributed by atoms with Gasteiger partial charge in [0, 0.05) is 60.4 Å². The number of H-pyrrole nitrogens is 1. The number of carbonyl (C=O) groups excluding carboxylic acids is 1. The molecule has 1 aliphatic carbocycles. The van der Waals surface area contributed by atoms with Crippen LogP contribution in [0.4, 0.5) is 23.1 Å². The molecule has 4 N–H and O–H groups in total. The maximum absolute atomic E-state index is 9.17. The second-order valence-electron chi connectivity index (χ2n) is 9.81. The monoisotopic (exact) mass is 536 g/mol. The van der Waals surface area contributed by atoms with Crippen LogP contribution in [0.2, 0.25) is 0 Å². The van der Waals surface area contributed by atoms with Crippen molar-refractivity contribution in [2.24, 2.45) is 0 Å². The van der Waals surface area contributed by atoms with Gasteiger partial charge in [0.05, 0.1) is 0 Å². The van der Waals surface area contributed by atoms with E-state index in [-0.39, 0.29) is 0 Å². The zero-order valence-corrected chi connectivity index (χ0v) is 23.5. The third kappa shape index (κ3) is 8.46. The second-order valence-corrected chi connectivity index (χ2v) is 10.8. The van der Waals surface area contributed by atoms with E-state index in [0.29, 0.717) is 23.5 Å². The van der Waals surface area contributed by atoms with Crippen LogP contribution in [0.25, 0.3) is 0 Å². The molecular formula is C28H40N8OS. The van der Waals surface area contributed by atoms with E-state index in [0.717, 1.165) is 40.9 Å². The molecule has 3 heterocycles. The number of aromatic nitrogens is 4. The van der Waals surface area contributed by atoms with Crippen LogP contribution in [0, 0.1) is 0 Å². The number of aldehydes is 1. The first-order chi connectivity index (χ1) is 18.6. The first-order valence-corrected chi connectivity index (χ1v) is 14.5. The van der Waals surface area contributed by atoms with Crippen LogP contribution < -0.4 is 16.0 Å². The summed E-state index contributed by atoms with van der Waals surface area (Å²) in [6, 6.07) is 12.8. The molecule has 38 heavy (non-hydrogen) atoms. The van der Waals surface area contributed by atoms with Gasteiger partial charge in [0.2, 0.25) is 0 Å². The van der Waals surface area contributed by atoms with Crippen molar-refractivity contribution < 1.29 is 4.79 Å². The van der Waals surface area contributed by atoms with Crippen LogP contribution in [0.3, 0.4) is 0 Å². The lowest BCUT2D eigenvalue weighted by Gasteiger charge is -2.32. The lowest BCUT2D eigenvalue weighted by atomic mass is 10.1. The summed E-state index contributed by atoms with van der Waals surface area (Å²) in [5.74, 6) is 3.00. The molecule has 2 fully saturated rings. The number of hydrogen-bond acceptors (Lipinski definition) is 9. The summed E-state index contributed by atoms with van der Waals surface area (Å²) in [4.78, 5) is 22.4. The Labute approximate surface area is 230 Å². The number of nitrogens with one attached hydrogen (secondary N) is 4. The Bertz CT molecular complexity index is 1140. The van der Waals surface area contributed by atoms with Gasteiger partial charge in [-0.05, 0) is 81.7 Å². The Balaban J connectivity index is 0.000000786. The predicted octanol–water partition coefficient (Wildman–Crippen LogP) is 5.90. The Morgan fingerprint density at radius 2 is 1.79 bits per heavy atom. The van der Waals surface area contributed by atoms with E-state index in [1.165, 1.54) is 50.9 Å². The van der Waals surface area contributed by atoms with Crippen LogP contribution in [0.1, 0.15) is 64.0 Å².